The van der Waals surface area contributed by atoms with Crippen LogP contribution in [-0.4, -0.2) is 16.8 Å². The van der Waals surface area contributed by atoms with Crippen LogP contribution in [0.25, 0.3) is 11.3 Å². The summed E-state index contributed by atoms with van der Waals surface area (Å²) in [5.41, 5.74) is 6.48. The number of hydrogen-bond acceptors (Lipinski definition) is 4. The Bertz CT molecular complexity index is 1010. The first kappa shape index (κ1) is 20.7. The Morgan fingerprint density at radius 3 is 2.52 bits per heavy atom. The molecule has 2 N–H and O–H groups in total. The number of aryl methyl sites for hydroxylation is 3. The van der Waals surface area contributed by atoms with Crippen molar-refractivity contribution in [2.75, 3.05) is 5.32 Å². The second-order valence-electron chi connectivity index (χ2n) is 7.12. The molecule has 0 fully saturated rings. The van der Waals surface area contributed by atoms with Crippen LogP contribution >= 0.6 is 11.3 Å². The zero-order chi connectivity index (χ0) is 20.8. The van der Waals surface area contributed by atoms with Crippen molar-refractivity contribution in [1.29, 1.82) is 0 Å². The Morgan fingerprint density at radius 2 is 1.83 bits per heavy atom. The minimum Gasteiger partial charge on any atom is -0.352 e. The Balaban J connectivity index is 1.55. The van der Waals surface area contributed by atoms with E-state index in [1.807, 2.05) is 29.6 Å². The summed E-state index contributed by atoms with van der Waals surface area (Å²) in [5.74, 6) is -0.0805. The molecule has 1 heterocycles. The van der Waals surface area contributed by atoms with Crippen LogP contribution in [0, 0.1) is 13.8 Å². The van der Waals surface area contributed by atoms with E-state index in [0.29, 0.717) is 24.5 Å². The van der Waals surface area contributed by atoms with Gasteiger partial charge in [-0.2, -0.15) is 0 Å². The lowest BCUT2D eigenvalue weighted by Crippen LogP contribution is -2.18. The SMILES string of the molecule is CC(=O)NCc1ccc(-c2csc(NC(=O)CCc3ccc(C)cc3C)n2)cc1. The molecule has 2 aromatic carbocycles. The maximum atomic E-state index is 12.3. The van der Waals surface area contributed by atoms with Gasteiger partial charge in [-0.05, 0) is 37.0 Å². The molecule has 2 amide bonds. The van der Waals surface area contributed by atoms with E-state index in [0.717, 1.165) is 16.8 Å². The van der Waals surface area contributed by atoms with Gasteiger partial charge >= 0.3 is 0 Å². The summed E-state index contributed by atoms with van der Waals surface area (Å²) < 4.78 is 0. The summed E-state index contributed by atoms with van der Waals surface area (Å²) >= 11 is 1.42. The van der Waals surface area contributed by atoms with Gasteiger partial charge in [-0.25, -0.2) is 4.98 Å². The fraction of sp³-hybridized carbons (Fsp3) is 0.261. The lowest BCUT2D eigenvalue weighted by Gasteiger charge is -2.06. The minimum atomic E-state index is -0.0495. The van der Waals surface area contributed by atoms with Crippen LogP contribution in [0.4, 0.5) is 5.13 Å². The molecule has 6 heteroatoms. The highest BCUT2D eigenvalue weighted by atomic mass is 32.1. The Kier molecular flexibility index (Phi) is 6.77. The zero-order valence-electron chi connectivity index (χ0n) is 16.9. The molecule has 3 rings (SSSR count). The number of thiazole rings is 1. The first-order valence-corrected chi connectivity index (χ1v) is 10.4. The molecule has 1 aromatic heterocycles. The third-order valence-corrected chi connectivity index (χ3v) is 5.42. The molecule has 0 bridgehead atoms. The molecule has 0 radical (unpaired) electrons. The van der Waals surface area contributed by atoms with Gasteiger partial charge < -0.3 is 10.6 Å². The van der Waals surface area contributed by atoms with Gasteiger partial charge in [-0.15, -0.1) is 11.3 Å². The van der Waals surface area contributed by atoms with Crippen LogP contribution in [0.5, 0.6) is 0 Å². The molecule has 0 atom stereocenters. The van der Waals surface area contributed by atoms with Crippen LogP contribution in [0.2, 0.25) is 0 Å². The van der Waals surface area contributed by atoms with Crippen molar-refractivity contribution in [1.82, 2.24) is 10.3 Å². The summed E-state index contributed by atoms with van der Waals surface area (Å²) in [4.78, 5) is 27.8. The molecule has 0 unspecified atom stereocenters. The van der Waals surface area contributed by atoms with E-state index in [1.165, 1.54) is 35.0 Å². The predicted octanol–water partition coefficient (Wildman–Crippen LogP) is 4.63. The normalized spacial score (nSPS) is 10.6. The Hall–Kier alpha value is -2.99. The monoisotopic (exact) mass is 407 g/mol. The van der Waals surface area contributed by atoms with E-state index in [1.54, 1.807) is 0 Å². The molecule has 150 valence electrons. The molecular formula is C23H25N3O2S. The van der Waals surface area contributed by atoms with Crippen molar-refractivity contribution < 1.29 is 9.59 Å². The quantitative estimate of drug-likeness (QED) is 0.600. The van der Waals surface area contributed by atoms with Crippen LogP contribution in [0.3, 0.4) is 0 Å². The standard InChI is InChI=1S/C23H25N3O2S/c1-15-4-7-19(16(2)12-15)10-11-22(28)26-23-25-21(14-29-23)20-8-5-18(6-9-20)13-24-17(3)27/h4-9,12,14H,10-11,13H2,1-3H3,(H,24,27)(H,25,26,28). The van der Waals surface area contributed by atoms with Gasteiger partial charge in [0.05, 0.1) is 5.69 Å². The molecular weight excluding hydrogens is 382 g/mol. The third kappa shape index (κ3) is 5.99. The number of benzene rings is 2. The zero-order valence-corrected chi connectivity index (χ0v) is 17.7. The molecule has 0 aliphatic carbocycles. The lowest BCUT2D eigenvalue weighted by molar-refractivity contribution is -0.119. The van der Waals surface area contributed by atoms with Crippen molar-refractivity contribution in [3.8, 4) is 11.3 Å². The number of amides is 2. The van der Waals surface area contributed by atoms with Crippen LogP contribution < -0.4 is 10.6 Å². The van der Waals surface area contributed by atoms with Crippen molar-refractivity contribution in [2.45, 2.75) is 40.2 Å². The van der Waals surface area contributed by atoms with Gasteiger partial charge in [-0.3, -0.25) is 9.59 Å². The highest BCUT2D eigenvalue weighted by Gasteiger charge is 2.09. The van der Waals surface area contributed by atoms with E-state index < -0.39 is 0 Å². The number of carbonyl (C=O) groups excluding carboxylic acids is 2. The molecule has 5 nitrogen and oxygen atoms in total. The second kappa shape index (κ2) is 9.47. The van der Waals surface area contributed by atoms with Crippen LogP contribution in [-0.2, 0) is 22.6 Å². The molecule has 3 aromatic rings. The fourth-order valence-electron chi connectivity index (χ4n) is 3.04. The van der Waals surface area contributed by atoms with Crippen molar-refractivity contribution >= 4 is 28.3 Å². The lowest BCUT2D eigenvalue weighted by atomic mass is 10.0. The van der Waals surface area contributed by atoms with Gasteiger partial charge in [0.25, 0.3) is 0 Å². The van der Waals surface area contributed by atoms with Crippen molar-refractivity contribution in [3.63, 3.8) is 0 Å². The third-order valence-electron chi connectivity index (χ3n) is 4.66. The molecule has 0 saturated carbocycles. The highest BCUT2D eigenvalue weighted by molar-refractivity contribution is 7.14. The van der Waals surface area contributed by atoms with Crippen molar-refractivity contribution in [2.24, 2.45) is 0 Å². The molecule has 0 spiro atoms. The smallest absolute Gasteiger partial charge is 0.226 e. The fourth-order valence-corrected chi connectivity index (χ4v) is 3.78. The van der Waals surface area contributed by atoms with E-state index in [4.69, 9.17) is 0 Å². The number of carbonyl (C=O) groups is 2. The average Bonchev–Trinajstić information content (AvgIpc) is 3.14. The van der Waals surface area contributed by atoms with E-state index >= 15 is 0 Å². The summed E-state index contributed by atoms with van der Waals surface area (Å²) in [7, 11) is 0. The predicted molar refractivity (Wildman–Crippen MR) is 118 cm³/mol. The second-order valence-corrected chi connectivity index (χ2v) is 7.98. The Morgan fingerprint density at radius 1 is 1.07 bits per heavy atom. The first-order chi connectivity index (χ1) is 13.9. The van der Waals surface area contributed by atoms with Crippen LogP contribution in [0.15, 0.2) is 47.8 Å². The molecule has 0 saturated heterocycles. The van der Waals surface area contributed by atoms with E-state index in [-0.39, 0.29) is 11.8 Å². The molecule has 29 heavy (non-hydrogen) atoms. The average molecular weight is 408 g/mol. The van der Waals surface area contributed by atoms with Gasteiger partial charge in [0.15, 0.2) is 5.13 Å². The largest absolute Gasteiger partial charge is 0.352 e. The number of aromatic nitrogens is 1. The highest BCUT2D eigenvalue weighted by Crippen LogP contribution is 2.25. The minimum absolute atomic E-state index is 0.0310. The summed E-state index contributed by atoms with van der Waals surface area (Å²) in [6.07, 6.45) is 1.14. The Labute approximate surface area is 175 Å². The number of anilines is 1. The topological polar surface area (TPSA) is 71.1 Å². The molecule has 0 aliphatic rings. The number of hydrogen-bond donors (Lipinski definition) is 2. The van der Waals surface area contributed by atoms with Crippen LogP contribution in [0.1, 0.15) is 35.6 Å². The van der Waals surface area contributed by atoms with Gasteiger partial charge in [0.2, 0.25) is 11.8 Å². The molecule has 0 aliphatic heterocycles. The van der Waals surface area contributed by atoms with Gasteiger partial charge in [-0.1, -0.05) is 48.0 Å². The van der Waals surface area contributed by atoms with Crippen molar-refractivity contribution in [3.05, 3.63) is 70.1 Å². The van der Waals surface area contributed by atoms with Gasteiger partial charge in [0, 0.05) is 30.8 Å². The first-order valence-electron chi connectivity index (χ1n) is 9.56. The van der Waals surface area contributed by atoms with Gasteiger partial charge in [0.1, 0.15) is 0 Å². The maximum Gasteiger partial charge on any atom is 0.226 e. The number of nitrogens with one attached hydrogen (secondary N) is 2. The van der Waals surface area contributed by atoms with E-state index in [9.17, 15) is 9.59 Å². The van der Waals surface area contributed by atoms with E-state index in [2.05, 4.69) is 47.7 Å². The summed E-state index contributed by atoms with van der Waals surface area (Å²) in [6.45, 7) is 6.16. The summed E-state index contributed by atoms with van der Waals surface area (Å²) in [6, 6.07) is 14.2. The summed E-state index contributed by atoms with van der Waals surface area (Å²) in [5, 5.41) is 8.21. The maximum absolute atomic E-state index is 12.3. The number of rotatable bonds is 7. The number of nitrogens with zero attached hydrogens (tertiary/aromatic N) is 1.